The number of hydrogen-bond donors (Lipinski definition) is 2. The van der Waals surface area contributed by atoms with Crippen molar-refractivity contribution >= 4 is 26.7 Å². The van der Waals surface area contributed by atoms with Gasteiger partial charge in [-0.3, -0.25) is 0 Å². The van der Waals surface area contributed by atoms with Gasteiger partial charge in [0.2, 0.25) is 0 Å². The van der Waals surface area contributed by atoms with E-state index in [1.165, 1.54) is 16.4 Å². The standard InChI is InChI=1S/C21H21N5O2S/c22-10-16-13-24-21-19(20(16)25-17-8-14-11-23-12-15(14)9-17)6-7-26(21)29(27,28)18-4-2-1-3-5-18/h1-7,13-15,17,23H,8-9,11-12H2,(H,24,25)/t14-,15+,17?. The highest BCUT2D eigenvalue weighted by Crippen LogP contribution is 2.38. The maximum atomic E-state index is 13.1. The van der Waals surface area contributed by atoms with Gasteiger partial charge in [0.05, 0.1) is 16.1 Å². The van der Waals surface area contributed by atoms with Gasteiger partial charge >= 0.3 is 0 Å². The Bertz CT molecular complexity index is 1200. The molecule has 0 spiro atoms. The van der Waals surface area contributed by atoms with Gasteiger partial charge in [0.25, 0.3) is 10.0 Å². The number of nitriles is 1. The summed E-state index contributed by atoms with van der Waals surface area (Å²) in [6.45, 7) is 2.09. The van der Waals surface area contributed by atoms with Gasteiger partial charge in [0.1, 0.15) is 6.07 Å². The van der Waals surface area contributed by atoms with Crippen LogP contribution >= 0.6 is 0 Å². The normalized spacial score (nSPS) is 23.8. The molecule has 0 amide bonds. The Hall–Kier alpha value is -2.89. The minimum atomic E-state index is -3.76. The molecule has 1 aliphatic carbocycles. The second-order valence-electron chi connectivity index (χ2n) is 7.82. The van der Waals surface area contributed by atoms with Gasteiger partial charge in [-0.1, -0.05) is 18.2 Å². The molecule has 1 aliphatic heterocycles. The molecule has 1 unspecified atom stereocenters. The molecule has 148 valence electrons. The predicted molar refractivity (Wildman–Crippen MR) is 110 cm³/mol. The van der Waals surface area contributed by atoms with Crippen molar-refractivity contribution in [2.24, 2.45) is 11.8 Å². The van der Waals surface area contributed by atoms with E-state index in [-0.39, 0.29) is 10.9 Å². The SMILES string of the molecule is N#Cc1cnc2c(ccn2S(=O)(=O)c2ccccc2)c1NC1C[C@H]2CNC[C@H]2C1. The predicted octanol–water partition coefficient (Wildman–Crippen LogP) is 2.55. The number of rotatable bonds is 4. The van der Waals surface area contributed by atoms with Crippen molar-refractivity contribution < 1.29 is 8.42 Å². The molecule has 3 atom stereocenters. The average molecular weight is 407 g/mol. The summed E-state index contributed by atoms with van der Waals surface area (Å²) in [7, 11) is -3.76. The quantitative estimate of drug-likeness (QED) is 0.690. The Labute approximate surface area is 169 Å². The van der Waals surface area contributed by atoms with Gasteiger partial charge in [0.15, 0.2) is 5.65 Å². The van der Waals surface area contributed by atoms with Crippen LogP contribution in [0.5, 0.6) is 0 Å². The molecule has 2 aliphatic rings. The zero-order valence-electron chi connectivity index (χ0n) is 15.7. The van der Waals surface area contributed by atoms with Crippen LogP contribution in [0.15, 0.2) is 53.7 Å². The first kappa shape index (κ1) is 18.2. The lowest BCUT2D eigenvalue weighted by atomic mass is 10.0. The van der Waals surface area contributed by atoms with Crippen LogP contribution in [0.25, 0.3) is 11.0 Å². The molecule has 2 fully saturated rings. The molecule has 1 saturated heterocycles. The van der Waals surface area contributed by atoms with Crippen molar-refractivity contribution in [2.45, 2.75) is 23.8 Å². The van der Waals surface area contributed by atoms with Crippen molar-refractivity contribution in [3.8, 4) is 6.07 Å². The molecule has 7 nitrogen and oxygen atoms in total. The highest BCUT2D eigenvalue weighted by Gasteiger charge is 2.37. The van der Waals surface area contributed by atoms with Gasteiger partial charge in [-0.2, -0.15) is 5.26 Å². The number of hydrogen-bond acceptors (Lipinski definition) is 6. The summed E-state index contributed by atoms with van der Waals surface area (Å²) in [5, 5.41) is 17.2. The van der Waals surface area contributed by atoms with E-state index in [1.54, 1.807) is 36.4 Å². The summed E-state index contributed by atoms with van der Waals surface area (Å²) >= 11 is 0. The van der Waals surface area contributed by atoms with E-state index in [0.717, 1.165) is 25.9 Å². The van der Waals surface area contributed by atoms with Gasteiger partial charge in [-0.25, -0.2) is 17.4 Å². The lowest BCUT2D eigenvalue weighted by molar-refractivity contribution is 0.494. The van der Waals surface area contributed by atoms with Crippen LogP contribution in [0.1, 0.15) is 18.4 Å². The molecular weight excluding hydrogens is 386 g/mol. The first-order valence-electron chi connectivity index (χ1n) is 9.76. The minimum absolute atomic E-state index is 0.203. The van der Waals surface area contributed by atoms with Crippen LogP contribution in [0.4, 0.5) is 5.69 Å². The second kappa shape index (κ2) is 6.87. The Morgan fingerprint density at radius 3 is 2.55 bits per heavy atom. The van der Waals surface area contributed by atoms with Crippen LogP contribution in [-0.4, -0.2) is 36.5 Å². The van der Waals surface area contributed by atoms with E-state index in [1.807, 2.05) is 0 Å². The molecule has 29 heavy (non-hydrogen) atoms. The fraction of sp³-hybridized carbons (Fsp3) is 0.333. The summed E-state index contributed by atoms with van der Waals surface area (Å²) in [6, 6.07) is 12.5. The van der Waals surface area contributed by atoms with Crippen molar-refractivity contribution in [2.75, 3.05) is 18.4 Å². The second-order valence-corrected chi connectivity index (χ2v) is 9.63. The number of aromatic nitrogens is 2. The minimum Gasteiger partial charge on any atom is -0.381 e. The van der Waals surface area contributed by atoms with Crippen LogP contribution < -0.4 is 10.6 Å². The van der Waals surface area contributed by atoms with Gasteiger partial charge < -0.3 is 10.6 Å². The number of benzene rings is 1. The van der Waals surface area contributed by atoms with Crippen LogP contribution in [-0.2, 0) is 10.0 Å². The Morgan fingerprint density at radius 1 is 1.14 bits per heavy atom. The Kier molecular flexibility index (Phi) is 4.30. The van der Waals surface area contributed by atoms with Crippen molar-refractivity contribution in [1.82, 2.24) is 14.3 Å². The van der Waals surface area contributed by atoms with Crippen LogP contribution in [0, 0.1) is 23.2 Å². The molecule has 3 heterocycles. The maximum absolute atomic E-state index is 13.1. The first-order valence-corrected chi connectivity index (χ1v) is 11.2. The molecule has 5 rings (SSSR count). The van der Waals surface area contributed by atoms with Crippen molar-refractivity contribution in [3.63, 3.8) is 0 Å². The van der Waals surface area contributed by atoms with Crippen molar-refractivity contribution in [1.29, 1.82) is 5.26 Å². The van der Waals surface area contributed by atoms with E-state index in [4.69, 9.17) is 0 Å². The topological polar surface area (TPSA) is 99.8 Å². The number of fused-ring (bicyclic) bond motifs is 2. The monoisotopic (exact) mass is 407 g/mol. The third-order valence-electron chi connectivity index (χ3n) is 6.10. The Balaban J connectivity index is 1.56. The summed E-state index contributed by atoms with van der Waals surface area (Å²) in [5.74, 6) is 1.33. The zero-order valence-corrected chi connectivity index (χ0v) is 16.6. The molecule has 0 bridgehead atoms. The lowest BCUT2D eigenvalue weighted by Crippen LogP contribution is -2.21. The molecule has 1 aromatic carbocycles. The highest BCUT2D eigenvalue weighted by molar-refractivity contribution is 7.90. The molecule has 2 aromatic heterocycles. The van der Waals surface area contributed by atoms with E-state index < -0.39 is 10.0 Å². The van der Waals surface area contributed by atoms with E-state index in [2.05, 4.69) is 21.7 Å². The molecule has 3 aromatic rings. The Morgan fingerprint density at radius 2 is 1.86 bits per heavy atom. The molecular formula is C21H21N5O2S. The maximum Gasteiger partial charge on any atom is 0.269 e. The first-order chi connectivity index (χ1) is 14.1. The van der Waals surface area contributed by atoms with Gasteiger partial charge in [-0.15, -0.1) is 0 Å². The number of anilines is 1. The molecule has 2 N–H and O–H groups in total. The number of nitrogens with zero attached hydrogens (tertiary/aromatic N) is 3. The summed E-state index contributed by atoms with van der Waals surface area (Å²) in [6.07, 6.45) is 5.07. The third-order valence-corrected chi connectivity index (χ3v) is 7.78. The van der Waals surface area contributed by atoms with E-state index in [9.17, 15) is 13.7 Å². The zero-order chi connectivity index (χ0) is 20.0. The molecule has 0 radical (unpaired) electrons. The van der Waals surface area contributed by atoms with Gasteiger partial charge in [0, 0.05) is 23.8 Å². The number of nitrogens with one attached hydrogen (secondary N) is 2. The van der Waals surface area contributed by atoms with Crippen molar-refractivity contribution in [3.05, 3.63) is 54.4 Å². The van der Waals surface area contributed by atoms with Crippen LogP contribution in [0.3, 0.4) is 0 Å². The highest BCUT2D eigenvalue weighted by atomic mass is 32.2. The summed E-state index contributed by atoms with van der Waals surface area (Å²) < 4.78 is 27.4. The fourth-order valence-electron chi connectivity index (χ4n) is 4.69. The van der Waals surface area contributed by atoms with Crippen LogP contribution in [0.2, 0.25) is 0 Å². The summed E-state index contributed by atoms with van der Waals surface area (Å²) in [5.41, 5.74) is 1.44. The smallest absolute Gasteiger partial charge is 0.269 e. The largest absolute Gasteiger partial charge is 0.381 e. The molecule has 1 saturated carbocycles. The summed E-state index contributed by atoms with van der Waals surface area (Å²) in [4.78, 5) is 4.51. The fourth-order valence-corrected chi connectivity index (χ4v) is 6.01. The van der Waals surface area contributed by atoms with E-state index in [0.29, 0.717) is 34.1 Å². The van der Waals surface area contributed by atoms with E-state index >= 15 is 0 Å². The molecule has 8 heteroatoms. The average Bonchev–Trinajstić information content (AvgIpc) is 3.43. The lowest BCUT2D eigenvalue weighted by Gasteiger charge is -2.17. The number of pyridine rings is 1. The third kappa shape index (κ3) is 2.98. The van der Waals surface area contributed by atoms with Gasteiger partial charge in [-0.05, 0) is 56.0 Å².